The molecule has 1 amide bonds. The van der Waals surface area contributed by atoms with Gasteiger partial charge in [-0.1, -0.05) is 13.8 Å². The van der Waals surface area contributed by atoms with Crippen molar-refractivity contribution in [3.8, 4) is 0 Å². The Morgan fingerprint density at radius 3 is 2.53 bits per heavy atom. The summed E-state index contributed by atoms with van der Waals surface area (Å²) in [7, 11) is 0. The van der Waals surface area contributed by atoms with Crippen molar-refractivity contribution in [1.82, 2.24) is 10.6 Å². The first-order valence-electron chi connectivity index (χ1n) is 6.97. The number of carbonyl (C=O) groups excluding carboxylic acids is 1. The van der Waals surface area contributed by atoms with E-state index in [2.05, 4.69) is 24.5 Å². The molecule has 0 aromatic rings. The van der Waals surface area contributed by atoms with E-state index in [1.807, 2.05) is 6.92 Å². The van der Waals surface area contributed by atoms with Crippen LogP contribution in [0.2, 0.25) is 0 Å². The third-order valence-electron chi connectivity index (χ3n) is 4.42. The molecular weight excluding hydrogens is 212 g/mol. The Hall–Kier alpha value is -0.570. The van der Waals surface area contributed by atoms with Gasteiger partial charge >= 0.3 is 0 Å². The van der Waals surface area contributed by atoms with Crippen molar-refractivity contribution in [2.45, 2.75) is 70.9 Å². The Labute approximate surface area is 105 Å². The van der Waals surface area contributed by atoms with Crippen LogP contribution in [0, 0.1) is 5.41 Å². The second kappa shape index (κ2) is 4.60. The van der Waals surface area contributed by atoms with E-state index < -0.39 is 0 Å². The molecule has 0 aromatic carbocycles. The number of hydrogen-bond donors (Lipinski definition) is 2. The number of amides is 1. The Balaban J connectivity index is 1.88. The molecule has 0 radical (unpaired) electrons. The van der Waals surface area contributed by atoms with E-state index in [4.69, 9.17) is 0 Å². The lowest BCUT2D eigenvalue weighted by Gasteiger charge is -2.34. The summed E-state index contributed by atoms with van der Waals surface area (Å²) in [6.45, 7) is 7.60. The van der Waals surface area contributed by atoms with Crippen LogP contribution in [0.25, 0.3) is 0 Å². The van der Waals surface area contributed by atoms with Gasteiger partial charge in [-0.25, -0.2) is 0 Å². The molecule has 0 bridgehead atoms. The maximum absolute atomic E-state index is 12.3. The van der Waals surface area contributed by atoms with E-state index in [-0.39, 0.29) is 11.4 Å². The lowest BCUT2D eigenvalue weighted by atomic mass is 9.89. The van der Waals surface area contributed by atoms with Gasteiger partial charge in [0.25, 0.3) is 0 Å². The van der Waals surface area contributed by atoms with Gasteiger partial charge in [-0.2, -0.15) is 0 Å². The van der Waals surface area contributed by atoms with E-state index in [1.54, 1.807) is 0 Å². The fraction of sp³-hybridized carbons (Fsp3) is 0.929. The molecule has 2 rings (SSSR count). The molecule has 0 aromatic heterocycles. The van der Waals surface area contributed by atoms with Gasteiger partial charge in [0.15, 0.2) is 0 Å². The average molecular weight is 238 g/mol. The normalized spacial score (nSPS) is 36.8. The van der Waals surface area contributed by atoms with E-state index in [9.17, 15) is 4.79 Å². The molecule has 1 aliphatic heterocycles. The van der Waals surface area contributed by atoms with Crippen molar-refractivity contribution >= 4 is 5.91 Å². The van der Waals surface area contributed by atoms with Gasteiger partial charge in [0.1, 0.15) is 0 Å². The van der Waals surface area contributed by atoms with Crippen molar-refractivity contribution in [2.75, 3.05) is 6.54 Å². The summed E-state index contributed by atoms with van der Waals surface area (Å²) in [6.07, 6.45) is 6.80. The Morgan fingerprint density at radius 2 is 2.00 bits per heavy atom. The van der Waals surface area contributed by atoms with Crippen molar-refractivity contribution in [3.63, 3.8) is 0 Å². The first-order valence-corrected chi connectivity index (χ1v) is 6.97. The van der Waals surface area contributed by atoms with E-state index in [0.29, 0.717) is 11.5 Å². The van der Waals surface area contributed by atoms with Crippen molar-refractivity contribution in [2.24, 2.45) is 5.41 Å². The Morgan fingerprint density at radius 1 is 1.24 bits per heavy atom. The molecule has 98 valence electrons. The summed E-state index contributed by atoms with van der Waals surface area (Å²) in [5, 5.41) is 6.62. The van der Waals surface area contributed by atoms with Gasteiger partial charge in [0.05, 0.1) is 5.54 Å². The van der Waals surface area contributed by atoms with E-state index >= 15 is 0 Å². The zero-order valence-corrected chi connectivity index (χ0v) is 11.4. The van der Waals surface area contributed by atoms with Crippen LogP contribution in [-0.2, 0) is 4.79 Å². The summed E-state index contributed by atoms with van der Waals surface area (Å²) in [5.41, 5.74) is 0.0732. The lowest BCUT2D eigenvalue weighted by molar-refractivity contribution is -0.128. The highest BCUT2D eigenvalue weighted by Crippen LogP contribution is 2.37. The molecule has 3 heteroatoms. The third-order valence-corrected chi connectivity index (χ3v) is 4.42. The Kier molecular flexibility index (Phi) is 3.48. The zero-order valence-electron chi connectivity index (χ0n) is 11.4. The first kappa shape index (κ1) is 12.9. The highest BCUT2D eigenvalue weighted by atomic mass is 16.2. The van der Waals surface area contributed by atoms with Crippen molar-refractivity contribution < 1.29 is 4.79 Å². The molecule has 2 fully saturated rings. The molecule has 2 atom stereocenters. The summed E-state index contributed by atoms with van der Waals surface area (Å²) in [6, 6.07) is 0.387. The average Bonchev–Trinajstić information content (AvgIpc) is 2.59. The summed E-state index contributed by atoms with van der Waals surface area (Å²) >= 11 is 0. The fourth-order valence-electron chi connectivity index (χ4n) is 3.15. The summed E-state index contributed by atoms with van der Waals surface area (Å²) in [5.74, 6) is 0.208. The number of nitrogens with one attached hydrogen (secondary N) is 2. The molecule has 1 saturated heterocycles. The van der Waals surface area contributed by atoms with E-state index in [0.717, 1.165) is 32.2 Å². The number of hydrogen-bond acceptors (Lipinski definition) is 2. The van der Waals surface area contributed by atoms with Gasteiger partial charge < -0.3 is 10.6 Å². The molecule has 1 heterocycles. The Bertz CT molecular complexity index is 293. The number of piperidine rings is 1. The maximum atomic E-state index is 12.3. The topological polar surface area (TPSA) is 41.1 Å². The SMILES string of the molecule is CC1(C)CCC(NC(=O)C2(C)CCCCN2)C1. The minimum absolute atomic E-state index is 0.208. The largest absolute Gasteiger partial charge is 0.352 e. The highest BCUT2D eigenvalue weighted by Gasteiger charge is 2.38. The molecular formula is C14H26N2O. The third kappa shape index (κ3) is 3.01. The van der Waals surface area contributed by atoms with Crippen LogP contribution in [0.4, 0.5) is 0 Å². The van der Waals surface area contributed by atoms with Crippen molar-refractivity contribution in [1.29, 1.82) is 0 Å². The molecule has 17 heavy (non-hydrogen) atoms. The van der Waals surface area contributed by atoms with Crippen LogP contribution in [0.1, 0.15) is 59.3 Å². The number of rotatable bonds is 2. The van der Waals surface area contributed by atoms with Crippen molar-refractivity contribution in [3.05, 3.63) is 0 Å². The van der Waals surface area contributed by atoms with Crippen LogP contribution in [0.5, 0.6) is 0 Å². The molecule has 2 aliphatic rings. The molecule has 0 spiro atoms. The first-order chi connectivity index (χ1) is 7.91. The smallest absolute Gasteiger partial charge is 0.240 e. The standard InChI is InChI=1S/C14H26N2O/c1-13(2)8-6-11(10-13)16-12(17)14(3)7-4-5-9-15-14/h11,15H,4-10H2,1-3H3,(H,16,17). The highest BCUT2D eigenvalue weighted by molar-refractivity contribution is 5.86. The van der Waals surface area contributed by atoms with Gasteiger partial charge in [-0.05, 0) is 57.4 Å². The predicted molar refractivity (Wildman–Crippen MR) is 69.8 cm³/mol. The predicted octanol–water partition coefficient (Wildman–Crippen LogP) is 2.21. The summed E-state index contributed by atoms with van der Waals surface area (Å²) < 4.78 is 0. The van der Waals surface area contributed by atoms with Gasteiger partial charge in [0, 0.05) is 6.04 Å². The van der Waals surface area contributed by atoms with Gasteiger partial charge in [-0.15, -0.1) is 0 Å². The molecule has 2 N–H and O–H groups in total. The molecule has 2 unspecified atom stereocenters. The van der Waals surface area contributed by atoms with Crippen LogP contribution < -0.4 is 10.6 Å². The van der Waals surface area contributed by atoms with Crippen LogP contribution in [0.15, 0.2) is 0 Å². The maximum Gasteiger partial charge on any atom is 0.240 e. The van der Waals surface area contributed by atoms with Crippen LogP contribution in [0.3, 0.4) is 0 Å². The summed E-state index contributed by atoms with van der Waals surface area (Å²) in [4.78, 5) is 12.3. The molecule has 3 nitrogen and oxygen atoms in total. The second-order valence-electron chi connectivity index (χ2n) is 6.79. The number of carbonyl (C=O) groups is 1. The minimum atomic E-state index is -0.328. The van der Waals surface area contributed by atoms with Gasteiger partial charge in [-0.3, -0.25) is 4.79 Å². The van der Waals surface area contributed by atoms with E-state index in [1.165, 1.54) is 12.8 Å². The van der Waals surface area contributed by atoms with Gasteiger partial charge in [0.2, 0.25) is 5.91 Å². The fourth-order valence-corrected chi connectivity index (χ4v) is 3.15. The quantitative estimate of drug-likeness (QED) is 0.774. The van der Waals surface area contributed by atoms with Crippen LogP contribution in [-0.4, -0.2) is 24.0 Å². The monoisotopic (exact) mass is 238 g/mol. The second-order valence-corrected chi connectivity index (χ2v) is 6.79. The zero-order chi connectivity index (χ0) is 12.5. The van der Waals surface area contributed by atoms with Crippen LogP contribution >= 0.6 is 0 Å². The minimum Gasteiger partial charge on any atom is -0.352 e. The molecule has 1 aliphatic carbocycles. The lowest BCUT2D eigenvalue weighted by Crippen LogP contribution is -2.58. The molecule has 1 saturated carbocycles.